The van der Waals surface area contributed by atoms with E-state index in [0.29, 0.717) is 66.1 Å². The number of likely N-dealkylation sites (N-methyl/N-ethyl adjacent to an activating group) is 1. The van der Waals surface area contributed by atoms with Crippen molar-refractivity contribution in [2.75, 3.05) is 93.3 Å². The van der Waals surface area contributed by atoms with Crippen molar-refractivity contribution in [1.29, 1.82) is 0 Å². The summed E-state index contributed by atoms with van der Waals surface area (Å²) in [4.78, 5) is 2.09. The zero-order valence-electron chi connectivity index (χ0n) is 16.0. The lowest BCUT2D eigenvalue weighted by Gasteiger charge is -2.10. The third-order valence-electron chi connectivity index (χ3n) is 2.85. The molecule has 24 heavy (non-hydrogen) atoms. The summed E-state index contributed by atoms with van der Waals surface area (Å²) < 4.78 is 32.4. The van der Waals surface area contributed by atoms with Gasteiger partial charge in [0.2, 0.25) is 0 Å². The second-order valence-electron chi connectivity index (χ2n) is 5.78. The van der Waals surface area contributed by atoms with E-state index in [4.69, 9.17) is 28.4 Å². The molecule has 0 aromatic carbocycles. The standard InChI is InChI=1S/C17H37NO6/c1-17(2)24-16-15-23-14-13-22-12-11-21-10-9-20-8-7-19-6-5-18(3)4/h17H,5-16H2,1-4H3. The second kappa shape index (κ2) is 19.1. The van der Waals surface area contributed by atoms with E-state index < -0.39 is 0 Å². The molecule has 0 bridgehead atoms. The molecule has 0 aromatic heterocycles. The Morgan fingerprint density at radius 1 is 0.542 bits per heavy atom. The molecule has 0 unspecified atom stereocenters. The van der Waals surface area contributed by atoms with E-state index in [1.165, 1.54) is 0 Å². The van der Waals surface area contributed by atoms with Crippen molar-refractivity contribution in [3.63, 3.8) is 0 Å². The van der Waals surface area contributed by atoms with Crippen LogP contribution in [0, 0.1) is 0 Å². The molecule has 7 nitrogen and oxygen atoms in total. The van der Waals surface area contributed by atoms with Gasteiger partial charge in [-0.1, -0.05) is 0 Å². The van der Waals surface area contributed by atoms with Crippen LogP contribution in [0.1, 0.15) is 13.8 Å². The minimum Gasteiger partial charge on any atom is -0.378 e. The highest BCUT2D eigenvalue weighted by atomic mass is 16.6. The number of ether oxygens (including phenoxy) is 6. The highest BCUT2D eigenvalue weighted by Crippen LogP contribution is 1.88. The van der Waals surface area contributed by atoms with Crippen LogP contribution in [-0.2, 0) is 28.4 Å². The molecule has 0 N–H and O–H groups in total. The van der Waals surface area contributed by atoms with Crippen molar-refractivity contribution in [2.24, 2.45) is 0 Å². The maximum atomic E-state index is 5.42. The van der Waals surface area contributed by atoms with Crippen molar-refractivity contribution in [2.45, 2.75) is 20.0 Å². The van der Waals surface area contributed by atoms with E-state index in [2.05, 4.69) is 4.90 Å². The predicted octanol–water partition coefficient (Wildman–Crippen LogP) is 1.06. The highest BCUT2D eigenvalue weighted by Gasteiger charge is 1.95. The molecule has 0 saturated heterocycles. The largest absolute Gasteiger partial charge is 0.378 e. The van der Waals surface area contributed by atoms with Gasteiger partial charge in [0.05, 0.1) is 78.8 Å². The fourth-order valence-corrected chi connectivity index (χ4v) is 1.57. The Balaban J connectivity index is 2.98. The molecule has 0 aromatic rings. The normalized spacial score (nSPS) is 11.8. The number of hydrogen-bond acceptors (Lipinski definition) is 7. The fourth-order valence-electron chi connectivity index (χ4n) is 1.57. The van der Waals surface area contributed by atoms with Crippen LogP contribution in [0.15, 0.2) is 0 Å². The smallest absolute Gasteiger partial charge is 0.0703 e. The fraction of sp³-hybridized carbons (Fsp3) is 1.00. The summed E-state index contributed by atoms with van der Waals surface area (Å²) in [5, 5.41) is 0. The average Bonchev–Trinajstić information content (AvgIpc) is 2.53. The molecule has 0 radical (unpaired) electrons. The van der Waals surface area contributed by atoms with Gasteiger partial charge in [-0.25, -0.2) is 0 Å². The van der Waals surface area contributed by atoms with Crippen LogP contribution < -0.4 is 0 Å². The van der Waals surface area contributed by atoms with Gasteiger partial charge in [0, 0.05) is 6.54 Å². The summed E-state index contributed by atoms with van der Waals surface area (Å²) in [6, 6.07) is 0. The van der Waals surface area contributed by atoms with E-state index in [1.54, 1.807) is 0 Å². The van der Waals surface area contributed by atoms with Gasteiger partial charge < -0.3 is 33.3 Å². The molecule has 0 aliphatic rings. The Labute approximate surface area is 147 Å². The molecule has 0 spiro atoms. The van der Waals surface area contributed by atoms with Gasteiger partial charge in [-0.2, -0.15) is 0 Å². The van der Waals surface area contributed by atoms with E-state index in [-0.39, 0.29) is 6.10 Å². The van der Waals surface area contributed by atoms with Gasteiger partial charge >= 0.3 is 0 Å². The molecule has 0 aliphatic carbocycles. The zero-order valence-corrected chi connectivity index (χ0v) is 16.0. The van der Waals surface area contributed by atoms with E-state index in [0.717, 1.165) is 13.2 Å². The van der Waals surface area contributed by atoms with Gasteiger partial charge in [0.25, 0.3) is 0 Å². The monoisotopic (exact) mass is 351 g/mol. The Hall–Kier alpha value is -0.280. The van der Waals surface area contributed by atoms with E-state index in [1.807, 2.05) is 27.9 Å². The number of hydrogen-bond donors (Lipinski definition) is 0. The van der Waals surface area contributed by atoms with Crippen LogP contribution in [0.25, 0.3) is 0 Å². The third-order valence-corrected chi connectivity index (χ3v) is 2.85. The molecule has 146 valence electrons. The van der Waals surface area contributed by atoms with Gasteiger partial charge in [0.15, 0.2) is 0 Å². The molecule has 0 amide bonds. The Morgan fingerprint density at radius 3 is 1.21 bits per heavy atom. The second-order valence-corrected chi connectivity index (χ2v) is 5.78. The van der Waals surface area contributed by atoms with Crippen LogP contribution in [0.5, 0.6) is 0 Å². The van der Waals surface area contributed by atoms with Crippen molar-refractivity contribution in [3.8, 4) is 0 Å². The van der Waals surface area contributed by atoms with Crippen LogP contribution in [-0.4, -0.2) is 104 Å². The lowest BCUT2D eigenvalue weighted by Crippen LogP contribution is -2.19. The minimum absolute atomic E-state index is 0.251. The molecule has 0 fully saturated rings. The van der Waals surface area contributed by atoms with Crippen molar-refractivity contribution >= 4 is 0 Å². The first-order valence-corrected chi connectivity index (χ1v) is 8.78. The number of nitrogens with zero attached hydrogens (tertiary/aromatic N) is 1. The summed E-state index contributed by atoms with van der Waals surface area (Å²) in [5.74, 6) is 0. The Morgan fingerprint density at radius 2 is 0.875 bits per heavy atom. The van der Waals surface area contributed by atoms with Crippen LogP contribution in [0.4, 0.5) is 0 Å². The SMILES string of the molecule is CC(C)OCCOCCOCCOCCOCCOCCN(C)C. The van der Waals surface area contributed by atoms with Crippen LogP contribution in [0.3, 0.4) is 0 Å². The lowest BCUT2D eigenvalue weighted by molar-refractivity contribution is -0.0215. The predicted molar refractivity (Wildman–Crippen MR) is 93.7 cm³/mol. The van der Waals surface area contributed by atoms with Gasteiger partial charge in [-0.3, -0.25) is 0 Å². The first-order chi connectivity index (χ1) is 11.6. The van der Waals surface area contributed by atoms with E-state index >= 15 is 0 Å². The Kier molecular flexibility index (Phi) is 18.8. The maximum Gasteiger partial charge on any atom is 0.0703 e. The van der Waals surface area contributed by atoms with Crippen molar-refractivity contribution in [1.82, 2.24) is 4.90 Å². The first kappa shape index (κ1) is 23.7. The van der Waals surface area contributed by atoms with E-state index in [9.17, 15) is 0 Å². The topological polar surface area (TPSA) is 58.6 Å². The summed E-state index contributed by atoms with van der Waals surface area (Å²) in [6.45, 7) is 11.6. The summed E-state index contributed by atoms with van der Waals surface area (Å²) >= 11 is 0. The minimum atomic E-state index is 0.251. The summed E-state index contributed by atoms with van der Waals surface area (Å²) in [5.41, 5.74) is 0. The maximum absolute atomic E-state index is 5.42. The lowest BCUT2D eigenvalue weighted by atomic mass is 10.5. The summed E-state index contributed by atoms with van der Waals surface area (Å²) in [7, 11) is 4.05. The van der Waals surface area contributed by atoms with Crippen LogP contribution >= 0.6 is 0 Å². The quantitative estimate of drug-likeness (QED) is 0.323. The molecule has 0 saturated carbocycles. The van der Waals surface area contributed by atoms with Gasteiger partial charge in [-0.15, -0.1) is 0 Å². The van der Waals surface area contributed by atoms with Crippen molar-refractivity contribution in [3.05, 3.63) is 0 Å². The molecule has 0 atom stereocenters. The zero-order chi connectivity index (χ0) is 17.9. The average molecular weight is 351 g/mol. The Bertz CT molecular complexity index is 217. The van der Waals surface area contributed by atoms with Crippen LogP contribution in [0.2, 0.25) is 0 Å². The molecular weight excluding hydrogens is 314 g/mol. The molecule has 0 rings (SSSR count). The number of rotatable bonds is 19. The molecular formula is C17H37NO6. The third kappa shape index (κ3) is 21.7. The molecule has 0 heterocycles. The highest BCUT2D eigenvalue weighted by molar-refractivity contribution is 4.40. The first-order valence-electron chi connectivity index (χ1n) is 8.78. The van der Waals surface area contributed by atoms with Crippen molar-refractivity contribution < 1.29 is 28.4 Å². The van der Waals surface area contributed by atoms with Gasteiger partial charge in [0.1, 0.15) is 0 Å². The summed E-state index contributed by atoms with van der Waals surface area (Å²) in [6.07, 6.45) is 0.251. The van der Waals surface area contributed by atoms with Gasteiger partial charge in [-0.05, 0) is 27.9 Å². The molecule has 0 aliphatic heterocycles. The molecule has 7 heteroatoms.